The van der Waals surface area contributed by atoms with Gasteiger partial charge < -0.3 is 18.3 Å². The zero-order valence-electron chi connectivity index (χ0n) is 80.5. The molecule has 0 aliphatic heterocycles. The van der Waals surface area contributed by atoms with E-state index in [9.17, 15) is 0 Å². The number of hydrogen-bond donors (Lipinski definition) is 0. The Morgan fingerprint density at radius 1 is 0.206 bits per heavy atom. The van der Waals surface area contributed by atoms with Crippen LogP contribution in [-0.4, -0.2) is 18.3 Å². The van der Waals surface area contributed by atoms with Crippen molar-refractivity contribution in [2.24, 2.45) is 0 Å². The van der Waals surface area contributed by atoms with Crippen LogP contribution in [0.5, 0.6) is 0 Å². The van der Waals surface area contributed by atoms with E-state index in [1.165, 1.54) is 267 Å². The Hall–Kier alpha value is -16.0. The van der Waals surface area contributed by atoms with Crippen LogP contribution in [0.2, 0.25) is 0 Å². The summed E-state index contributed by atoms with van der Waals surface area (Å²) < 4.78 is 15.2. The van der Waals surface area contributed by atoms with Gasteiger partial charge in [-0.25, -0.2) is 0 Å². The summed E-state index contributed by atoms with van der Waals surface area (Å²) in [6.07, 6.45) is 2.21. The number of nitrogens with zero attached hydrogens (tertiary/aromatic N) is 4. The number of thiophene rings is 2. The summed E-state index contributed by atoms with van der Waals surface area (Å²) in [4.78, 5) is 0. The fourth-order valence-electron chi connectivity index (χ4n) is 24.8. The van der Waals surface area contributed by atoms with E-state index >= 15 is 0 Å². The van der Waals surface area contributed by atoms with Crippen LogP contribution in [-0.2, 0) is 21.7 Å². The molecule has 0 N–H and O–H groups in total. The lowest BCUT2D eigenvalue weighted by Gasteiger charge is -2.29. The average Bonchev–Trinajstić information content (AvgIpc) is 1.59. The summed E-state index contributed by atoms with van der Waals surface area (Å²) in [5.74, 6) is 0. The maximum Gasteiger partial charge on any atom is 0.0547 e. The molecule has 29 rings (SSSR count). The maximum atomic E-state index is 2.52. The lowest BCUT2D eigenvalue weighted by molar-refractivity contribution is 0.491. The second kappa shape index (κ2) is 32.1. The van der Waals surface area contributed by atoms with Crippen LogP contribution in [0.25, 0.3) is 228 Å². The molecular formula is C135H102N4S2. The maximum absolute atomic E-state index is 2.52. The Labute approximate surface area is 829 Å². The van der Waals surface area contributed by atoms with Gasteiger partial charge in [-0.2, -0.15) is 0 Å². The Morgan fingerprint density at radius 3 is 0.936 bits per heavy atom. The second-order valence-electron chi connectivity index (χ2n) is 41.1. The summed E-state index contributed by atoms with van der Waals surface area (Å²) in [6.45, 7) is 21.0. The minimum absolute atomic E-state index is 0.0341. The third-order valence-electron chi connectivity index (χ3n) is 32.0. The zero-order valence-corrected chi connectivity index (χ0v) is 82.1. The van der Waals surface area contributed by atoms with Crippen LogP contribution >= 0.6 is 22.7 Å². The molecule has 6 heterocycles. The summed E-state index contributed by atoms with van der Waals surface area (Å²) in [5.41, 5.74) is 42.9. The molecule has 3 aliphatic rings. The molecule has 6 heteroatoms. The molecule has 0 spiro atoms. The molecule has 4 nitrogen and oxygen atoms in total. The predicted octanol–water partition coefficient (Wildman–Crippen LogP) is 37.8. The number of hydrogen-bond acceptors (Lipinski definition) is 2. The summed E-state index contributed by atoms with van der Waals surface area (Å²) in [5, 5.41) is 15.7. The van der Waals surface area contributed by atoms with Gasteiger partial charge in [0.25, 0.3) is 0 Å². The molecule has 26 aromatic rings. The van der Waals surface area contributed by atoms with Gasteiger partial charge in [0.15, 0.2) is 0 Å². The van der Waals surface area contributed by atoms with Crippen molar-refractivity contribution in [3.8, 4) is 101 Å². The lowest BCUT2D eigenvalue weighted by atomic mass is 9.73. The molecule has 674 valence electrons. The normalized spacial score (nSPS) is 13.7. The van der Waals surface area contributed by atoms with E-state index < -0.39 is 0 Å². The molecule has 0 amide bonds. The highest BCUT2D eigenvalue weighted by molar-refractivity contribution is 7.26. The van der Waals surface area contributed by atoms with Crippen LogP contribution in [0.15, 0.2) is 431 Å². The highest BCUT2D eigenvalue weighted by Crippen LogP contribution is 2.58. The number of benzene rings is 20. The quantitative estimate of drug-likeness (QED) is 0.130. The van der Waals surface area contributed by atoms with Crippen LogP contribution in [0.4, 0.5) is 0 Å². The Bertz CT molecular complexity index is 9640. The number of fused-ring (bicyclic) bond motifs is 27. The lowest BCUT2D eigenvalue weighted by Crippen LogP contribution is -2.22. The third kappa shape index (κ3) is 12.9. The molecule has 0 atom stereocenters. The molecule has 6 aromatic heterocycles. The first-order valence-electron chi connectivity index (χ1n) is 49.9. The van der Waals surface area contributed by atoms with Crippen LogP contribution in [0.1, 0.15) is 114 Å². The minimum Gasteiger partial charge on any atom is -0.309 e. The van der Waals surface area contributed by atoms with E-state index in [1.54, 1.807) is 0 Å². The molecule has 20 aromatic carbocycles. The SMILES string of the molecule is CC(C)(C)c1ccc(-n2c3ccccc3c3ccc(-c4ccc(-n5c6ccccc6c6cc7c(cc65)-c5ccccc5C7(C)C)cc4)cc32)cc1.CC1(C)c2ccccc2-c2cc3c(cc21)c1ccc(-c2ccccc2)cc1n3-c1ccc(-c2cccc3c2sc2ccccc23)cc1.CCC1(CC)c2ccccc2-c2cc3c(cc21)c1ccccc1n3-c1ccc(-c2cccc3c2sc2ccccc23)cc1. The van der Waals surface area contributed by atoms with Gasteiger partial charge in [-0.15, -0.1) is 22.7 Å². The highest BCUT2D eigenvalue weighted by atomic mass is 32.1. The molecule has 141 heavy (non-hydrogen) atoms. The summed E-state index contributed by atoms with van der Waals surface area (Å²) in [7, 11) is 0. The van der Waals surface area contributed by atoms with Gasteiger partial charge in [0.05, 0.1) is 44.1 Å². The van der Waals surface area contributed by atoms with Crippen molar-refractivity contribution >= 4 is 150 Å². The first kappa shape index (κ1) is 84.3. The standard InChI is InChI=1S/C49H40N2.C45H31NS.C41H31NS/c1-48(2,3)33-21-25-35(26-22-33)50-44-16-10-7-13-37(44)39-27-20-32(28-46(39)50)31-18-23-34(24-19-31)51-45-17-11-8-14-38(45)41-29-43-40(30-47(41)51)36-12-6-9-15-42(36)49(43,4)5;1-45(2)39-17-8-6-13-33(39)37-27-42-38(26-40(37)45)34-24-21-30(28-11-4-3-5-12-28)25-41(34)46(42)31-22-19-29(20-23-31)32-15-10-16-36-35-14-7-9-18-43(35)47-44(32)36;1-3-41(4-2)35-17-8-5-12-29(35)33-25-38-34(24-36(33)41)30-13-6-9-18-37(30)42(38)27-22-20-26(21-23-27)28-15-11-16-32-31-14-7-10-19-39(31)43-40(28)32/h6-30H,1-5H3;3-27H,1-2H3;5-25H,3-4H2,1-2H3. The van der Waals surface area contributed by atoms with E-state index in [1.807, 2.05) is 22.7 Å². The van der Waals surface area contributed by atoms with Gasteiger partial charge in [-0.05, 0) is 262 Å². The van der Waals surface area contributed by atoms with Crippen molar-refractivity contribution in [3.05, 3.63) is 470 Å². The smallest absolute Gasteiger partial charge is 0.0547 e. The Balaban J connectivity index is 0.000000106. The average molecular weight is 1840 g/mol. The third-order valence-corrected chi connectivity index (χ3v) is 34.5. The molecule has 0 saturated carbocycles. The predicted molar refractivity (Wildman–Crippen MR) is 605 cm³/mol. The first-order valence-corrected chi connectivity index (χ1v) is 51.5. The van der Waals surface area contributed by atoms with Crippen molar-refractivity contribution in [1.82, 2.24) is 18.3 Å². The van der Waals surface area contributed by atoms with E-state index in [2.05, 4.69) is 511 Å². The molecule has 0 bridgehead atoms. The monoisotopic (exact) mass is 1840 g/mol. The van der Waals surface area contributed by atoms with E-state index in [4.69, 9.17) is 0 Å². The van der Waals surface area contributed by atoms with Crippen molar-refractivity contribution in [3.63, 3.8) is 0 Å². The van der Waals surface area contributed by atoms with E-state index in [0.717, 1.165) is 12.8 Å². The van der Waals surface area contributed by atoms with Crippen molar-refractivity contribution in [2.75, 3.05) is 0 Å². The highest BCUT2D eigenvalue weighted by Gasteiger charge is 2.42. The van der Waals surface area contributed by atoms with Gasteiger partial charge >= 0.3 is 0 Å². The minimum atomic E-state index is -0.0478. The number of rotatable bonds is 10. The van der Waals surface area contributed by atoms with Crippen molar-refractivity contribution in [2.45, 2.75) is 96.8 Å². The topological polar surface area (TPSA) is 19.7 Å². The number of aromatic nitrogens is 4. The Kier molecular flexibility index (Phi) is 19.2. The molecule has 0 unspecified atom stereocenters. The summed E-state index contributed by atoms with van der Waals surface area (Å²) >= 11 is 3.78. The molecular weight excluding hydrogens is 1740 g/mol. The van der Waals surface area contributed by atoms with Gasteiger partial charge in [-0.1, -0.05) is 366 Å². The van der Waals surface area contributed by atoms with Gasteiger partial charge in [0, 0.05) is 122 Å². The fraction of sp³-hybridized carbons (Fsp3) is 0.111. The molecule has 3 aliphatic carbocycles. The zero-order chi connectivity index (χ0) is 94.6. The van der Waals surface area contributed by atoms with Crippen LogP contribution < -0.4 is 0 Å². The largest absolute Gasteiger partial charge is 0.309 e. The van der Waals surface area contributed by atoms with Crippen molar-refractivity contribution in [1.29, 1.82) is 0 Å². The Morgan fingerprint density at radius 2 is 0.504 bits per heavy atom. The van der Waals surface area contributed by atoms with Gasteiger partial charge in [0.2, 0.25) is 0 Å². The fourth-order valence-corrected chi connectivity index (χ4v) is 27.3. The summed E-state index contributed by atoms with van der Waals surface area (Å²) in [6, 6.07) is 161. The van der Waals surface area contributed by atoms with Crippen LogP contribution in [0.3, 0.4) is 0 Å². The second-order valence-corrected chi connectivity index (χ2v) is 43.2. The van der Waals surface area contributed by atoms with Gasteiger partial charge in [0.1, 0.15) is 0 Å². The van der Waals surface area contributed by atoms with E-state index in [-0.39, 0.29) is 21.7 Å². The molecule has 0 saturated heterocycles. The first-order chi connectivity index (χ1) is 69.0. The van der Waals surface area contributed by atoms with E-state index in [0.29, 0.717) is 0 Å². The van der Waals surface area contributed by atoms with Crippen molar-refractivity contribution < 1.29 is 0 Å². The number of para-hydroxylation sites is 3. The molecule has 0 radical (unpaired) electrons. The molecule has 0 fully saturated rings. The van der Waals surface area contributed by atoms with Crippen LogP contribution in [0, 0.1) is 0 Å². The van der Waals surface area contributed by atoms with Gasteiger partial charge in [-0.3, -0.25) is 0 Å².